The average molecular weight is 413 g/mol. The highest BCUT2D eigenvalue weighted by atomic mass is 16.5. The molecule has 8 heteroatoms. The normalized spacial score (nSPS) is 10.4. The Kier molecular flexibility index (Phi) is 5.70. The van der Waals surface area contributed by atoms with Crippen LogP contribution in [0.4, 0.5) is 16.2 Å². The Labute approximate surface area is 178 Å². The highest BCUT2D eigenvalue weighted by Crippen LogP contribution is 2.24. The van der Waals surface area contributed by atoms with Gasteiger partial charge in [-0.2, -0.15) is 5.10 Å². The zero-order chi connectivity index (χ0) is 21.6. The number of anilines is 2. The van der Waals surface area contributed by atoms with Crippen LogP contribution in [-0.2, 0) is 4.74 Å². The minimum Gasteiger partial charge on any atom is -0.453 e. The van der Waals surface area contributed by atoms with Crippen LogP contribution in [0.1, 0.15) is 10.4 Å². The van der Waals surface area contributed by atoms with Crippen LogP contribution in [0, 0.1) is 0 Å². The fraction of sp³-hybridized carbons (Fsp3) is 0.0435. The molecule has 0 unspecified atom stereocenters. The number of methoxy groups -OCH3 is 1. The molecule has 2 N–H and O–H groups in total. The molecule has 4 aromatic rings. The van der Waals surface area contributed by atoms with E-state index >= 15 is 0 Å². The Bertz CT molecular complexity index is 1190. The van der Waals surface area contributed by atoms with E-state index in [1.807, 2.05) is 36.4 Å². The number of ether oxygens (including phenoxy) is 1. The lowest BCUT2D eigenvalue weighted by Crippen LogP contribution is -2.13. The highest BCUT2D eigenvalue weighted by Gasteiger charge is 2.19. The number of carbonyl (C=O) groups excluding carboxylic acids is 2. The van der Waals surface area contributed by atoms with Crippen LogP contribution >= 0.6 is 0 Å². The Hall–Kier alpha value is -4.46. The van der Waals surface area contributed by atoms with E-state index in [1.165, 1.54) is 7.11 Å². The van der Waals surface area contributed by atoms with Crippen molar-refractivity contribution in [2.24, 2.45) is 0 Å². The third kappa shape index (κ3) is 4.59. The largest absolute Gasteiger partial charge is 0.453 e. The summed E-state index contributed by atoms with van der Waals surface area (Å²) in [6.07, 6.45) is 4.47. The molecule has 154 valence electrons. The van der Waals surface area contributed by atoms with Gasteiger partial charge in [-0.15, -0.1) is 0 Å². The van der Waals surface area contributed by atoms with Crippen molar-refractivity contribution in [3.63, 3.8) is 0 Å². The lowest BCUT2D eigenvalue weighted by atomic mass is 10.1. The molecule has 0 saturated heterocycles. The summed E-state index contributed by atoms with van der Waals surface area (Å²) in [5, 5.41) is 10.1. The maximum absolute atomic E-state index is 13.1. The van der Waals surface area contributed by atoms with Gasteiger partial charge in [0.15, 0.2) is 0 Å². The second-order valence-corrected chi connectivity index (χ2v) is 6.56. The van der Waals surface area contributed by atoms with Gasteiger partial charge in [0.05, 0.1) is 18.4 Å². The van der Waals surface area contributed by atoms with E-state index in [2.05, 4.69) is 25.5 Å². The summed E-state index contributed by atoms with van der Waals surface area (Å²) in [7, 11) is 1.29. The standard InChI is InChI=1S/C23H19N5O3/c1-31-23(30)26-18-11-9-17(10-12-18)25-22(29)20-15-28(19-7-3-2-4-8-19)27-21(20)16-6-5-13-24-14-16/h2-15H,1H3,(H,25,29)(H,26,30). The van der Waals surface area contributed by atoms with E-state index < -0.39 is 6.09 Å². The van der Waals surface area contributed by atoms with Crippen molar-refractivity contribution in [2.45, 2.75) is 0 Å². The molecule has 2 amide bonds. The van der Waals surface area contributed by atoms with Crippen LogP contribution in [-0.4, -0.2) is 33.9 Å². The molecule has 0 saturated carbocycles. The maximum Gasteiger partial charge on any atom is 0.411 e. The summed E-state index contributed by atoms with van der Waals surface area (Å²) in [6, 6.07) is 19.9. The van der Waals surface area contributed by atoms with Crippen LogP contribution in [0.5, 0.6) is 0 Å². The number of aromatic nitrogens is 3. The quantitative estimate of drug-likeness (QED) is 0.506. The summed E-state index contributed by atoms with van der Waals surface area (Å²) in [4.78, 5) is 28.5. The minimum atomic E-state index is -0.564. The number of hydrogen-bond acceptors (Lipinski definition) is 5. The first-order valence-corrected chi connectivity index (χ1v) is 9.46. The second kappa shape index (κ2) is 8.91. The first kappa shape index (κ1) is 19.8. The van der Waals surface area contributed by atoms with Gasteiger partial charge in [-0.25, -0.2) is 9.48 Å². The fourth-order valence-electron chi connectivity index (χ4n) is 2.97. The van der Waals surface area contributed by atoms with Gasteiger partial charge in [-0.05, 0) is 48.5 Å². The Morgan fingerprint density at radius 1 is 0.903 bits per heavy atom. The van der Waals surface area contributed by atoms with Gasteiger partial charge in [0.25, 0.3) is 5.91 Å². The summed E-state index contributed by atoms with van der Waals surface area (Å²) in [6.45, 7) is 0. The zero-order valence-corrected chi connectivity index (χ0v) is 16.6. The number of para-hydroxylation sites is 1. The molecule has 0 spiro atoms. The topological polar surface area (TPSA) is 98.1 Å². The molecule has 31 heavy (non-hydrogen) atoms. The van der Waals surface area contributed by atoms with Crippen LogP contribution in [0.2, 0.25) is 0 Å². The first-order valence-electron chi connectivity index (χ1n) is 9.46. The Morgan fingerprint density at radius 2 is 1.61 bits per heavy atom. The number of rotatable bonds is 5. The van der Waals surface area contributed by atoms with E-state index in [4.69, 9.17) is 0 Å². The van der Waals surface area contributed by atoms with Gasteiger partial charge in [-0.3, -0.25) is 15.1 Å². The Balaban J connectivity index is 1.62. The van der Waals surface area contributed by atoms with Crippen molar-refractivity contribution in [3.05, 3.63) is 90.9 Å². The SMILES string of the molecule is COC(=O)Nc1ccc(NC(=O)c2cn(-c3ccccc3)nc2-c2cccnc2)cc1. The molecule has 2 aromatic heterocycles. The van der Waals surface area contributed by atoms with Gasteiger partial charge in [-0.1, -0.05) is 18.2 Å². The average Bonchev–Trinajstić information content (AvgIpc) is 3.27. The van der Waals surface area contributed by atoms with Crippen LogP contribution in [0.3, 0.4) is 0 Å². The van der Waals surface area contributed by atoms with Crippen molar-refractivity contribution in [2.75, 3.05) is 17.7 Å². The Morgan fingerprint density at radius 3 is 2.26 bits per heavy atom. The molecular formula is C23H19N5O3. The van der Waals surface area contributed by atoms with Gasteiger partial charge in [0.1, 0.15) is 5.69 Å². The molecule has 0 aliphatic carbocycles. The number of benzene rings is 2. The van der Waals surface area contributed by atoms with Crippen LogP contribution in [0.25, 0.3) is 16.9 Å². The molecule has 0 aliphatic heterocycles. The number of nitrogens with one attached hydrogen (secondary N) is 2. The smallest absolute Gasteiger partial charge is 0.411 e. The molecule has 0 bridgehead atoms. The van der Waals surface area contributed by atoms with Crippen molar-refractivity contribution >= 4 is 23.4 Å². The van der Waals surface area contributed by atoms with Crippen LogP contribution in [0.15, 0.2) is 85.3 Å². The molecule has 0 aliphatic rings. The number of carbonyl (C=O) groups is 2. The van der Waals surface area contributed by atoms with Crippen molar-refractivity contribution in [1.82, 2.24) is 14.8 Å². The molecule has 2 heterocycles. The monoisotopic (exact) mass is 413 g/mol. The van der Waals surface area contributed by atoms with Gasteiger partial charge in [0.2, 0.25) is 0 Å². The lowest BCUT2D eigenvalue weighted by molar-refractivity contribution is 0.102. The third-order valence-corrected chi connectivity index (χ3v) is 4.49. The minimum absolute atomic E-state index is 0.310. The van der Waals surface area contributed by atoms with Gasteiger partial charge < -0.3 is 10.1 Å². The van der Waals surface area contributed by atoms with E-state index in [1.54, 1.807) is 53.6 Å². The molecule has 0 radical (unpaired) electrons. The van der Waals surface area contributed by atoms with Crippen molar-refractivity contribution < 1.29 is 14.3 Å². The van der Waals surface area contributed by atoms with E-state index in [-0.39, 0.29) is 5.91 Å². The molecular weight excluding hydrogens is 394 g/mol. The van der Waals surface area contributed by atoms with E-state index in [9.17, 15) is 9.59 Å². The van der Waals surface area contributed by atoms with Gasteiger partial charge in [0, 0.05) is 35.5 Å². The van der Waals surface area contributed by atoms with Gasteiger partial charge >= 0.3 is 6.09 Å². The van der Waals surface area contributed by atoms with Crippen molar-refractivity contribution in [1.29, 1.82) is 0 Å². The van der Waals surface area contributed by atoms with Crippen molar-refractivity contribution in [3.8, 4) is 16.9 Å². The fourth-order valence-corrected chi connectivity index (χ4v) is 2.97. The number of hydrogen-bond donors (Lipinski definition) is 2. The number of nitrogens with zero attached hydrogens (tertiary/aromatic N) is 3. The number of amides is 2. The molecule has 0 atom stereocenters. The zero-order valence-electron chi connectivity index (χ0n) is 16.6. The maximum atomic E-state index is 13.1. The van der Waals surface area contributed by atoms with E-state index in [0.717, 1.165) is 11.3 Å². The predicted molar refractivity (Wildman–Crippen MR) is 117 cm³/mol. The predicted octanol–water partition coefficient (Wildman–Crippen LogP) is 4.36. The number of pyridine rings is 1. The second-order valence-electron chi connectivity index (χ2n) is 6.56. The summed E-state index contributed by atoms with van der Waals surface area (Å²) in [5.41, 5.74) is 3.64. The molecule has 8 nitrogen and oxygen atoms in total. The third-order valence-electron chi connectivity index (χ3n) is 4.49. The summed E-state index contributed by atoms with van der Waals surface area (Å²) >= 11 is 0. The summed E-state index contributed by atoms with van der Waals surface area (Å²) < 4.78 is 6.23. The highest BCUT2D eigenvalue weighted by molar-refractivity contribution is 6.08. The molecule has 2 aromatic carbocycles. The lowest BCUT2D eigenvalue weighted by Gasteiger charge is -2.07. The summed E-state index contributed by atoms with van der Waals surface area (Å²) in [5.74, 6) is -0.310. The van der Waals surface area contributed by atoms with Crippen LogP contribution < -0.4 is 10.6 Å². The first-order chi connectivity index (χ1) is 15.1. The molecule has 4 rings (SSSR count). The van der Waals surface area contributed by atoms with E-state index in [0.29, 0.717) is 22.6 Å². The molecule has 0 fully saturated rings.